The summed E-state index contributed by atoms with van der Waals surface area (Å²) in [6.07, 6.45) is 2.39. The van der Waals surface area contributed by atoms with Crippen LogP contribution in [0.5, 0.6) is 5.75 Å². The van der Waals surface area contributed by atoms with Gasteiger partial charge in [-0.2, -0.15) is 0 Å². The molecule has 0 saturated carbocycles. The number of ether oxygens (including phenoxy) is 2. The second-order valence-corrected chi connectivity index (χ2v) is 18.4. The molecule has 2 saturated heterocycles. The number of hydrogen-bond acceptors (Lipinski definition) is 8. The highest BCUT2D eigenvalue weighted by molar-refractivity contribution is 6.72. The van der Waals surface area contributed by atoms with E-state index in [0.29, 0.717) is 73.8 Å². The molecule has 0 bridgehead atoms. The summed E-state index contributed by atoms with van der Waals surface area (Å²) < 4.78 is 28.9. The van der Waals surface area contributed by atoms with Crippen molar-refractivity contribution >= 4 is 43.2 Å². The Kier molecular flexibility index (Phi) is 10.4. The summed E-state index contributed by atoms with van der Waals surface area (Å²) in [6, 6.07) is 10.3. The molecule has 6 rings (SSSR count). The molecule has 0 radical (unpaired) electrons. The SMILES string of the molecule is CCOc1ccc2c(c1)CC(NCCCCO)C(=O)N2c1ccc2c(c1)[C@]1(O[C@@H](CC(=O)N3CCC[C@H]3CO)[C@H]([Si](C)(C)F)[C@H]1C)C(=O)N2C. The van der Waals surface area contributed by atoms with Gasteiger partial charge in [0.2, 0.25) is 20.2 Å². The van der Waals surface area contributed by atoms with Crippen LogP contribution in [0.1, 0.15) is 57.1 Å². The second kappa shape index (κ2) is 14.3. The van der Waals surface area contributed by atoms with Crippen LogP contribution in [0.4, 0.5) is 21.2 Å². The van der Waals surface area contributed by atoms with Gasteiger partial charge in [-0.1, -0.05) is 6.92 Å². The minimum absolute atomic E-state index is 0.0800. The zero-order chi connectivity index (χ0) is 36.0. The van der Waals surface area contributed by atoms with E-state index in [1.807, 2.05) is 50.2 Å². The maximum absolute atomic E-state index is 16.4. The number of hydrogen-bond donors (Lipinski definition) is 3. The molecule has 11 nitrogen and oxygen atoms in total. The third-order valence-corrected chi connectivity index (χ3v) is 13.6. The van der Waals surface area contributed by atoms with E-state index in [9.17, 15) is 24.6 Å². The van der Waals surface area contributed by atoms with Gasteiger partial charge < -0.3 is 38.9 Å². The molecule has 2 aromatic rings. The number of nitrogens with one attached hydrogen (secondary N) is 1. The fourth-order valence-electron chi connectivity index (χ4n) is 8.84. The van der Waals surface area contributed by atoms with Gasteiger partial charge in [0.25, 0.3) is 5.91 Å². The first-order valence-electron chi connectivity index (χ1n) is 18.0. The molecule has 50 heavy (non-hydrogen) atoms. The average molecular weight is 711 g/mol. The van der Waals surface area contributed by atoms with Crippen LogP contribution < -0.4 is 19.9 Å². The normalized spacial score (nSPS) is 27.8. The van der Waals surface area contributed by atoms with Gasteiger partial charge in [0.1, 0.15) is 5.75 Å². The van der Waals surface area contributed by atoms with Crippen molar-refractivity contribution in [3.05, 3.63) is 47.5 Å². The van der Waals surface area contributed by atoms with E-state index in [-0.39, 0.29) is 43.4 Å². The second-order valence-electron chi connectivity index (χ2n) is 14.6. The number of likely N-dealkylation sites (N-methyl/N-ethyl adjacent to an activating group) is 1. The van der Waals surface area contributed by atoms with Crippen LogP contribution in [0, 0.1) is 5.92 Å². The van der Waals surface area contributed by atoms with E-state index in [1.54, 1.807) is 29.9 Å². The predicted octanol–water partition coefficient (Wildman–Crippen LogP) is 4.16. The summed E-state index contributed by atoms with van der Waals surface area (Å²) in [6.45, 7) is 8.52. The summed E-state index contributed by atoms with van der Waals surface area (Å²) in [4.78, 5) is 47.1. The molecule has 2 fully saturated rings. The standard InChI is InChI=1S/C37H51FN4O7Si/c1-6-48-27-12-14-30-24(18-27)19-29(39-15-7-8-17-43)35(46)42(30)25-11-13-31-28(20-25)37(36(47)40(31)3)23(2)34(50(4,5)38)32(49-37)21-33(45)41-16-9-10-26(41)22-44/h11-14,18,20,23,26,29,32,34,39,43-44H,6-10,15-17,19,21-22H2,1-5H3/t23-,26+,29?,32+,34-,37+/m1/s1. The highest BCUT2D eigenvalue weighted by atomic mass is 28.4. The Morgan fingerprint density at radius 3 is 2.60 bits per heavy atom. The van der Waals surface area contributed by atoms with Crippen molar-refractivity contribution < 1.29 is 38.2 Å². The Hall–Kier alpha value is -3.36. The number of amides is 3. The number of anilines is 3. The molecule has 1 spiro atoms. The summed E-state index contributed by atoms with van der Waals surface area (Å²) in [5.74, 6) is -0.562. The Morgan fingerprint density at radius 1 is 1.14 bits per heavy atom. The van der Waals surface area contributed by atoms with Crippen LogP contribution >= 0.6 is 0 Å². The molecule has 0 aliphatic carbocycles. The van der Waals surface area contributed by atoms with Crippen LogP contribution in [0.15, 0.2) is 36.4 Å². The fourth-order valence-corrected chi connectivity index (χ4v) is 11.3. The summed E-state index contributed by atoms with van der Waals surface area (Å²) >= 11 is 0. The third kappa shape index (κ3) is 6.25. The number of likely N-dealkylation sites (tertiary alicyclic amines) is 1. The molecular weight excluding hydrogens is 660 g/mol. The summed E-state index contributed by atoms with van der Waals surface area (Å²) in [5, 5.41) is 22.5. The zero-order valence-corrected chi connectivity index (χ0v) is 30.8. The number of carbonyl (C=O) groups excluding carboxylic acids is 3. The lowest BCUT2D eigenvalue weighted by atomic mass is 9.82. The Balaban J connectivity index is 1.40. The number of benzene rings is 2. The van der Waals surface area contributed by atoms with Crippen molar-refractivity contribution in [3.63, 3.8) is 0 Å². The Labute approximate surface area is 294 Å². The molecule has 2 aromatic carbocycles. The van der Waals surface area contributed by atoms with Crippen molar-refractivity contribution in [3.8, 4) is 5.75 Å². The monoisotopic (exact) mass is 710 g/mol. The van der Waals surface area contributed by atoms with Crippen molar-refractivity contribution in [1.29, 1.82) is 0 Å². The van der Waals surface area contributed by atoms with E-state index in [1.165, 1.54) is 4.90 Å². The molecular formula is C37H51FN4O7Si. The molecule has 4 aliphatic heterocycles. The van der Waals surface area contributed by atoms with Crippen molar-refractivity contribution in [1.82, 2.24) is 10.2 Å². The molecule has 3 amide bonds. The highest BCUT2D eigenvalue weighted by Crippen LogP contribution is 2.60. The summed E-state index contributed by atoms with van der Waals surface area (Å²) in [5.41, 5.74) is 1.16. The van der Waals surface area contributed by atoms with Gasteiger partial charge in [-0.15, -0.1) is 0 Å². The van der Waals surface area contributed by atoms with Crippen LogP contribution in [-0.2, 0) is 31.1 Å². The molecule has 6 atom stereocenters. The molecule has 3 N–H and O–H groups in total. The first-order valence-corrected chi connectivity index (χ1v) is 21.0. The minimum atomic E-state index is -3.51. The number of aliphatic hydroxyl groups is 2. The lowest BCUT2D eigenvalue weighted by Crippen LogP contribution is -2.49. The summed E-state index contributed by atoms with van der Waals surface area (Å²) in [7, 11) is -1.83. The average Bonchev–Trinajstić information content (AvgIpc) is 3.74. The first kappa shape index (κ1) is 36.4. The van der Waals surface area contributed by atoms with E-state index < -0.39 is 37.6 Å². The smallest absolute Gasteiger partial charge is 0.264 e. The minimum Gasteiger partial charge on any atom is -0.494 e. The molecule has 4 aliphatic rings. The number of halogens is 1. The molecule has 0 aromatic heterocycles. The molecule has 4 heterocycles. The van der Waals surface area contributed by atoms with Gasteiger partial charge in [-0.05, 0) is 101 Å². The maximum Gasteiger partial charge on any atom is 0.264 e. The fraction of sp³-hybridized carbons (Fsp3) is 0.595. The van der Waals surface area contributed by atoms with E-state index in [0.717, 1.165) is 12.0 Å². The number of carbonyl (C=O) groups is 3. The van der Waals surface area contributed by atoms with Crippen molar-refractivity contribution in [2.24, 2.45) is 5.92 Å². The van der Waals surface area contributed by atoms with Crippen LogP contribution in [0.3, 0.4) is 0 Å². The predicted molar refractivity (Wildman–Crippen MR) is 191 cm³/mol. The van der Waals surface area contributed by atoms with Gasteiger partial charge in [0.05, 0.1) is 49.2 Å². The van der Waals surface area contributed by atoms with Crippen molar-refractivity contribution in [2.75, 3.05) is 49.8 Å². The van der Waals surface area contributed by atoms with Crippen LogP contribution in [0.25, 0.3) is 0 Å². The van der Waals surface area contributed by atoms with Gasteiger partial charge in [0, 0.05) is 42.9 Å². The van der Waals surface area contributed by atoms with E-state index >= 15 is 4.11 Å². The number of rotatable bonds is 12. The zero-order valence-electron chi connectivity index (χ0n) is 29.8. The topological polar surface area (TPSA) is 132 Å². The van der Waals surface area contributed by atoms with E-state index in [4.69, 9.17) is 9.47 Å². The molecule has 1 unspecified atom stereocenters. The highest BCUT2D eigenvalue weighted by Gasteiger charge is 2.66. The number of aliphatic hydroxyl groups excluding tert-OH is 2. The maximum atomic E-state index is 16.4. The number of unbranched alkanes of at least 4 members (excludes halogenated alkanes) is 1. The largest absolute Gasteiger partial charge is 0.494 e. The Morgan fingerprint density at radius 2 is 1.90 bits per heavy atom. The molecule has 13 heteroatoms. The Bertz CT molecular complexity index is 1620. The first-order chi connectivity index (χ1) is 23.9. The van der Waals surface area contributed by atoms with Crippen LogP contribution in [0.2, 0.25) is 18.6 Å². The number of nitrogens with zero attached hydrogens (tertiary/aromatic N) is 3. The van der Waals surface area contributed by atoms with Crippen LogP contribution in [-0.4, -0.2) is 99.4 Å². The van der Waals surface area contributed by atoms with Gasteiger partial charge in [-0.25, -0.2) is 0 Å². The van der Waals surface area contributed by atoms with Gasteiger partial charge >= 0.3 is 0 Å². The third-order valence-electron chi connectivity index (χ3n) is 11.1. The lowest BCUT2D eigenvalue weighted by Gasteiger charge is -2.36. The van der Waals surface area contributed by atoms with E-state index in [2.05, 4.69) is 5.32 Å². The molecule has 272 valence electrons. The quantitative estimate of drug-likeness (QED) is 0.170. The van der Waals surface area contributed by atoms with Gasteiger partial charge in [0.15, 0.2) is 5.60 Å². The lowest BCUT2D eigenvalue weighted by molar-refractivity contribution is -0.149. The number of fused-ring (bicyclic) bond motifs is 3. The van der Waals surface area contributed by atoms with Gasteiger partial charge in [-0.3, -0.25) is 19.3 Å². The van der Waals surface area contributed by atoms with Crippen molar-refractivity contribution in [2.45, 2.75) is 94.8 Å².